The predicted octanol–water partition coefficient (Wildman–Crippen LogP) is 7.59. The molecule has 0 spiro atoms. The molecule has 7 unspecified atom stereocenters. The fraction of sp³-hybridized carbons (Fsp3) is 0.480. The minimum Gasteiger partial charge on any atom is -0.369 e. The third kappa shape index (κ3) is 12.4. The number of amides is 1. The van der Waals surface area contributed by atoms with Crippen LogP contribution >= 0.6 is 17.0 Å². The Balaban J connectivity index is 1.22. The number of imidazole rings is 1. The van der Waals surface area contributed by atoms with E-state index in [1.807, 2.05) is 73.6 Å². The molecule has 0 radical (unpaired) electrons. The molecule has 3 aromatic carbocycles. The highest BCUT2D eigenvalue weighted by Gasteiger charge is 2.46. The van der Waals surface area contributed by atoms with Crippen molar-refractivity contribution in [2.24, 2.45) is 10.9 Å². The summed E-state index contributed by atoms with van der Waals surface area (Å²) in [5.74, 6) is -0.641. The van der Waals surface area contributed by atoms with E-state index in [0.29, 0.717) is 12.8 Å². The van der Waals surface area contributed by atoms with Gasteiger partial charge in [-0.2, -0.15) is 4.98 Å². The highest BCUT2D eigenvalue weighted by Crippen LogP contribution is 2.55. The lowest BCUT2D eigenvalue weighted by atomic mass is 9.76. The van der Waals surface area contributed by atoms with E-state index in [-0.39, 0.29) is 66.1 Å². The number of anilines is 1. The summed E-state index contributed by atoms with van der Waals surface area (Å²) in [7, 11) is 2.23. The Morgan fingerprint density at radius 3 is 2.13 bits per heavy atom. The van der Waals surface area contributed by atoms with Crippen LogP contribution in [-0.4, -0.2) is 125 Å². The Bertz CT molecular complexity index is 2620. The summed E-state index contributed by atoms with van der Waals surface area (Å²) >= 11 is 6.39. The lowest BCUT2D eigenvalue weighted by Crippen LogP contribution is -2.53. The quantitative estimate of drug-likeness (QED) is 0.0141. The first-order chi connectivity index (χ1) is 33.3. The topological polar surface area (TPSA) is 183 Å². The van der Waals surface area contributed by atoms with Crippen LogP contribution in [0, 0.1) is 12.5 Å². The second kappa shape index (κ2) is 22.7. The molecular weight excluding hydrogens is 948 g/mol. The number of carbonyl (C=O) groups excluding carboxylic acids is 1. The molecule has 2 aliphatic heterocycles. The zero-order valence-electron chi connectivity index (χ0n) is 41.4. The molecule has 7 atom stereocenters. The number of benzene rings is 3. The van der Waals surface area contributed by atoms with Crippen LogP contribution in [0.4, 0.5) is 5.95 Å². The summed E-state index contributed by atoms with van der Waals surface area (Å²) in [6, 6.07) is 30.3. The Hall–Kier alpha value is -4.84. The number of carbonyl (C=O) groups is 1. The van der Waals surface area contributed by atoms with E-state index in [9.17, 15) is 9.59 Å². The van der Waals surface area contributed by atoms with E-state index < -0.39 is 58.8 Å². The first-order valence-corrected chi connectivity index (χ1v) is 28.4. The summed E-state index contributed by atoms with van der Waals surface area (Å²) in [5.41, 5.74) is 2.14. The zero-order valence-corrected chi connectivity index (χ0v) is 43.9. The van der Waals surface area contributed by atoms with Crippen LogP contribution in [0.15, 0.2) is 107 Å². The third-order valence-corrected chi connectivity index (χ3v) is 18.9. The van der Waals surface area contributed by atoms with Crippen LogP contribution in [0.25, 0.3) is 16.0 Å². The Labute approximate surface area is 418 Å². The summed E-state index contributed by atoms with van der Waals surface area (Å²) in [6.07, 6.45) is 6.00. The van der Waals surface area contributed by atoms with Gasteiger partial charge in [-0.25, -0.2) is 21.6 Å². The van der Waals surface area contributed by atoms with Crippen molar-refractivity contribution in [1.29, 1.82) is 0 Å². The van der Waals surface area contributed by atoms with Gasteiger partial charge in [-0.15, -0.1) is 10.3 Å². The maximum Gasteiger partial charge on any atom is 0.280 e. The summed E-state index contributed by atoms with van der Waals surface area (Å²) in [4.78, 5) is 47.7. The van der Waals surface area contributed by atoms with Crippen molar-refractivity contribution < 1.29 is 27.5 Å². The maximum atomic E-state index is 13.2. The van der Waals surface area contributed by atoms with Gasteiger partial charge in [0.05, 0.1) is 37.5 Å². The van der Waals surface area contributed by atoms with Crippen LogP contribution in [0.3, 0.4) is 0 Å². The fourth-order valence-corrected chi connectivity index (χ4v) is 11.4. The first-order valence-electron chi connectivity index (χ1n) is 23.4. The minimum atomic E-state index is -3.47. The van der Waals surface area contributed by atoms with Gasteiger partial charge in [-0.05, 0) is 41.0 Å². The number of hydrogen-bond acceptors (Lipinski definition) is 12. The average molecular weight is 1020 g/mol. The molecule has 376 valence electrons. The van der Waals surface area contributed by atoms with Crippen LogP contribution < -0.4 is 21.3 Å². The van der Waals surface area contributed by atoms with E-state index in [2.05, 4.69) is 105 Å². The van der Waals surface area contributed by atoms with Gasteiger partial charge in [0.15, 0.2) is 17.4 Å². The van der Waals surface area contributed by atoms with Crippen molar-refractivity contribution in [1.82, 2.24) is 34.8 Å². The molecule has 2 aliphatic rings. The molecule has 5 aromatic rings. The number of hydrogen-bond donors (Lipinski definition) is 4. The lowest BCUT2D eigenvalue weighted by molar-refractivity contribution is -0.118. The molecule has 7 rings (SSSR count). The smallest absolute Gasteiger partial charge is 0.280 e. The lowest BCUT2D eigenvalue weighted by Gasteiger charge is -2.44. The van der Waals surface area contributed by atoms with Crippen molar-refractivity contribution in [2.45, 2.75) is 94.5 Å². The number of aromatic nitrogens is 4. The van der Waals surface area contributed by atoms with Crippen LogP contribution in [0.1, 0.15) is 70.4 Å². The number of nitrogens with one attached hydrogen (secondary N) is 4. The van der Waals surface area contributed by atoms with Crippen molar-refractivity contribution in [2.75, 3.05) is 58.3 Å². The molecule has 70 heavy (non-hydrogen) atoms. The largest absolute Gasteiger partial charge is 0.369 e. The predicted molar refractivity (Wildman–Crippen MR) is 281 cm³/mol. The zero-order chi connectivity index (χ0) is 50.3. The molecule has 2 fully saturated rings. The van der Waals surface area contributed by atoms with Crippen molar-refractivity contribution in [3.05, 3.63) is 136 Å². The van der Waals surface area contributed by atoms with Crippen molar-refractivity contribution in [3.63, 3.8) is 0 Å². The molecule has 4 heterocycles. The highest BCUT2D eigenvalue weighted by molar-refractivity contribution is 8.29. The van der Waals surface area contributed by atoms with Gasteiger partial charge in [0, 0.05) is 49.7 Å². The molecule has 17 nitrogen and oxygen atoms in total. The number of aromatic amines is 1. The van der Waals surface area contributed by atoms with E-state index in [4.69, 9.17) is 46.1 Å². The second-order valence-electron chi connectivity index (χ2n) is 19.3. The SMILES string of the molecule is [C-]#[N+]CCOP(=S)(NC1CC(n2cnc3c(=O)[nH]c(NC(=O)C(C)C)nc32)OC1COS(C)(C)C(C)(C)C)OCC1OC(/N=C\N(C)C)CC1NC(c1ccccc1)(c1ccccc1)c1ccccc1. The van der Waals surface area contributed by atoms with Crippen LogP contribution in [0.5, 0.6) is 0 Å². The van der Waals surface area contributed by atoms with Crippen molar-refractivity contribution in [3.8, 4) is 0 Å². The summed E-state index contributed by atoms with van der Waals surface area (Å²) in [5, 5.41) is 10.4. The van der Waals surface area contributed by atoms with Crippen molar-refractivity contribution >= 4 is 58.1 Å². The maximum absolute atomic E-state index is 13.2. The molecule has 0 aliphatic carbocycles. The number of H-pyrrole nitrogens is 1. The summed E-state index contributed by atoms with van der Waals surface area (Å²) in [6.45, 7) is 14.4. The standard InChI is InChI=1S/C50H67N10O7PS2/c1-34(2)46(61)55-48-54-45-44(47(62)56-48)53-33-60(45)43-29-39(41(67-43)31-65-70(9,10)49(3,4)5)58-68(69,63-27-26-51-6)64-30-40-38(28-42(66-40)52-32-59(7)8)57-50(35-20-14-11-15-21-35,36-22-16-12-17-23-36)37-24-18-13-19-25-37/h11-25,32-34,38-43,57H,26-31H2,1-5,7-10H3,(H,58,69)(H2,54,55,56,61,62)/b52-32-. The Morgan fingerprint density at radius 2 is 1.57 bits per heavy atom. The molecule has 2 saturated heterocycles. The van der Waals surface area contributed by atoms with E-state index in [0.717, 1.165) is 16.7 Å². The van der Waals surface area contributed by atoms with E-state index >= 15 is 0 Å². The molecule has 0 saturated carbocycles. The Morgan fingerprint density at radius 1 is 0.971 bits per heavy atom. The van der Waals surface area contributed by atoms with Crippen LogP contribution in [0.2, 0.25) is 0 Å². The van der Waals surface area contributed by atoms with Gasteiger partial charge in [-0.3, -0.25) is 29.8 Å². The van der Waals surface area contributed by atoms with Gasteiger partial charge in [0.2, 0.25) is 18.4 Å². The minimum absolute atomic E-state index is 0.00302. The van der Waals surface area contributed by atoms with Crippen LogP contribution in [-0.2, 0) is 44.8 Å². The molecule has 0 bridgehead atoms. The molecule has 4 N–H and O–H groups in total. The van der Waals surface area contributed by atoms with Gasteiger partial charge in [-0.1, -0.05) is 126 Å². The number of ether oxygens (including phenoxy) is 2. The number of nitrogens with zero attached hydrogens (tertiary/aromatic N) is 6. The first kappa shape index (κ1) is 53.0. The van der Waals surface area contributed by atoms with Gasteiger partial charge >= 0.3 is 0 Å². The molecule has 20 heteroatoms. The average Bonchev–Trinajstić information content (AvgIpc) is 4.06. The summed E-state index contributed by atoms with van der Waals surface area (Å²) < 4.78 is 35.1. The Kier molecular flexibility index (Phi) is 17.2. The number of rotatable bonds is 21. The molecular formula is C50H67N10O7PS2. The number of aliphatic imine (C=N–C) groups is 1. The monoisotopic (exact) mass is 1010 g/mol. The third-order valence-electron chi connectivity index (χ3n) is 12.7. The van der Waals surface area contributed by atoms with E-state index in [1.54, 1.807) is 24.8 Å². The van der Waals surface area contributed by atoms with Gasteiger partial charge < -0.3 is 32.4 Å². The molecule has 2 aromatic heterocycles. The van der Waals surface area contributed by atoms with E-state index in [1.165, 1.54) is 6.33 Å². The van der Waals surface area contributed by atoms with Gasteiger partial charge in [0.25, 0.3) is 12.2 Å². The fourth-order valence-electron chi connectivity index (χ4n) is 8.18. The second-order valence-corrected chi connectivity index (χ2v) is 26.5. The van der Waals surface area contributed by atoms with Gasteiger partial charge in [0.1, 0.15) is 18.9 Å². The molecule has 1 amide bonds. The normalized spacial score (nSPS) is 22.1. The number of fused-ring (bicyclic) bond motifs is 1. The highest BCUT2D eigenvalue weighted by atomic mass is 32.5.